The van der Waals surface area contributed by atoms with Gasteiger partial charge in [-0.2, -0.15) is 0 Å². The minimum atomic E-state index is -3.66. The summed E-state index contributed by atoms with van der Waals surface area (Å²) in [6.45, 7) is 0. The lowest BCUT2D eigenvalue weighted by Gasteiger charge is -2.08. The van der Waals surface area contributed by atoms with Crippen molar-refractivity contribution in [3.63, 3.8) is 0 Å². The van der Waals surface area contributed by atoms with Crippen LogP contribution in [-0.4, -0.2) is 13.3 Å². The lowest BCUT2D eigenvalue weighted by molar-refractivity contribution is -0.384. The van der Waals surface area contributed by atoms with Gasteiger partial charge < -0.3 is 0 Å². The molecule has 6 nitrogen and oxygen atoms in total. The van der Waals surface area contributed by atoms with Gasteiger partial charge in [0.15, 0.2) is 0 Å². The normalized spacial score (nSPS) is 11.1. The lowest BCUT2D eigenvalue weighted by Crippen LogP contribution is -2.15. The van der Waals surface area contributed by atoms with Crippen molar-refractivity contribution in [1.29, 1.82) is 0 Å². The van der Waals surface area contributed by atoms with E-state index in [0.29, 0.717) is 10.6 Å². The number of anilines is 1. The van der Waals surface area contributed by atoms with Crippen LogP contribution in [0.1, 0.15) is 5.56 Å². The largest absolute Gasteiger partial charge is 0.283 e. The summed E-state index contributed by atoms with van der Waals surface area (Å²) in [7, 11) is -3.66. The van der Waals surface area contributed by atoms with Gasteiger partial charge in [0.1, 0.15) is 0 Å². The zero-order valence-corrected chi connectivity index (χ0v) is 12.3. The first-order chi connectivity index (χ1) is 9.85. The number of sulfonamides is 1. The molecule has 8 heteroatoms. The maximum Gasteiger partial charge on any atom is 0.271 e. The summed E-state index contributed by atoms with van der Waals surface area (Å²) in [5.41, 5.74) is 0.539. The fourth-order valence-corrected chi connectivity index (χ4v) is 3.01. The second-order valence-corrected chi connectivity index (χ2v) is 6.45. The first-order valence-electron chi connectivity index (χ1n) is 5.85. The smallest absolute Gasteiger partial charge is 0.271 e. The Kier molecular flexibility index (Phi) is 4.44. The number of halogens is 1. The van der Waals surface area contributed by atoms with Gasteiger partial charge in [0, 0.05) is 17.2 Å². The molecular formula is C13H11ClN2O4S. The van der Waals surface area contributed by atoms with E-state index in [1.807, 2.05) is 0 Å². The van der Waals surface area contributed by atoms with Gasteiger partial charge in [0.2, 0.25) is 10.0 Å². The molecule has 0 amide bonds. The van der Waals surface area contributed by atoms with E-state index in [0.717, 1.165) is 0 Å². The molecule has 2 aromatic carbocycles. The van der Waals surface area contributed by atoms with Gasteiger partial charge in [-0.05, 0) is 23.8 Å². The topological polar surface area (TPSA) is 89.3 Å². The molecule has 0 unspecified atom stereocenters. The maximum atomic E-state index is 12.0. The van der Waals surface area contributed by atoms with E-state index in [2.05, 4.69) is 4.72 Å². The minimum Gasteiger partial charge on any atom is -0.283 e. The molecule has 110 valence electrons. The van der Waals surface area contributed by atoms with E-state index in [-0.39, 0.29) is 17.1 Å². The average Bonchev–Trinajstić information content (AvgIpc) is 2.41. The Labute approximate surface area is 126 Å². The number of non-ortho nitro benzene ring substituents is 1. The van der Waals surface area contributed by atoms with E-state index in [4.69, 9.17) is 11.6 Å². The SMILES string of the molecule is O=[N+]([O-])c1cccc(NS(=O)(=O)Cc2ccc(Cl)cc2)c1. The minimum absolute atomic E-state index is 0.151. The molecule has 0 saturated carbocycles. The third-order valence-corrected chi connectivity index (χ3v) is 4.11. The van der Waals surface area contributed by atoms with Crippen molar-refractivity contribution in [3.8, 4) is 0 Å². The van der Waals surface area contributed by atoms with Gasteiger partial charge in [0.05, 0.1) is 16.4 Å². The molecule has 0 aromatic heterocycles. The number of hydrogen-bond donors (Lipinski definition) is 1. The van der Waals surface area contributed by atoms with E-state index < -0.39 is 14.9 Å². The Morgan fingerprint density at radius 1 is 1.14 bits per heavy atom. The Balaban J connectivity index is 2.15. The van der Waals surface area contributed by atoms with Crippen LogP contribution in [0, 0.1) is 10.1 Å². The summed E-state index contributed by atoms with van der Waals surface area (Å²) in [5, 5.41) is 11.2. The third kappa shape index (κ3) is 4.44. The zero-order valence-electron chi connectivity index (χ0n) is 10.7. The standard InChI is InChI=1S/C13H11ClN2O4S/c14-11-6-4-10(5-7-11)9-21(19,20)15-12-2-1-3-13(8-12)16(17)18/h1-8,15H,9H2. The van der Waals surface area contributed by atoms with Crippen molar-refractivity contribution in [2.75, 3.05) is 4.72 Å². The van der Waals surface area contributed by atoms with Crippen molar-refractivity contribution in [1.82, 2.24) is 0 Å². The molecule has 0 spiro atoms. The number of nitro groups is 1. The van der Waals surface area contributed by atoms with Crippen LogP contribution in [0.25, 0.3) is 0 Å². The highest BCUT2D eigenvalue weighted by Crippen LogP contribution is 2.19. The van der Waals surface area contributed by atoms with E-state index in [1.165, 1.54) is 24.3 Å². The van der Waals surface area contributed by atoms with Crippen LogP contribution >= 0.6 is 11.6 Å². The second-order valence-electron chi connectivity index (χ2n) is 4.30. The molecule has 2 rings (SSSR count). The predicted molar refractivity (Wildman–Crippen MR) is 80.8 cm³/mol. The number of nitrogens with one attached hydrogen (secondary N) is 1. The average molecular weight is 327 g/mol. The molecule has 0 aliphatic heterocycles. The fourth-order valence-electron chi connectivity index (χ4n) is 1.70. The number of nitrogens with zero attached hydrogens (tertiary/aromatic N) is 1. The van der Waals surface area contributed by atoms with Crippen LogP contribution in [0.2, 0.25) is 5.02 Å². The van der Waals surface area contributed by atoms with Crippen LogP contribution in [0.4, 0.5) is 11.4 Å². The van der Waals surface area contributed by atoms with Crippen LogP contribution in [0.5, 0.6) is 0 Å². The quantitative estimate of drug-likeness (QED) is 0.675. The highest BCUT2D eigenvalue weighted by atomic mass is 35.5. The van der Waals surface area contributed by atoms with Crippen molar-refractivity contribution in [3.05, 3.63) is 69.2 Å². The highest BCUT2D eigenvalue weighted by molar-refractivity contribution is 7.91. The van der Waals surface area contributed by atoms with Gasteiger partial charge >= 0.3 is 0 Å². The molecule has 0 aliphatic rings. The van der Waals surface area contributed by atoms with Crippen LogP contribution in [0.3, 0.4) is 0 Å². The molecule has 0 fully saturated rings. The third-order valence-electron chi connectivity index (χ3n) is 2.60. The molecule has 2 aromatic rings. The van der Waals surface area contributed by atoms with E-state index in [9.17, 15) is 18.5 Å². The predicted octanol–water partition coefficient (Wildman–Crippen LogP) is 3.19. The van der Waals surface area contributed by atoms with Gasteiger partial charge in [-0.25, -0.2) is 8.42 Å². The molecule has 0 aliphatic carbocycles. The first-order valence-corrected chi connectivity index (χ1v) is 7.88. The van der Waals surface area contributed by atoms with Gasteiger partial charge in [0.25, 0.3) is 5.69 Å². The van der Waals surface area contributed by atoms with Crippen molar-refractivity contribution >= 4 is 33.0 Å². The molecule has 0 bridgehead atoms. The summed E-state index contributed by atoms with van der Waals surface area (Å²) in [5.74, 6) is -0.243. The summed E-state index contributed by atoms with van der Waals surface area (Å²) in [6, 6.07) is 11.7. The lowest BCUT2D eigenvalue weighted by atomic mass is 10.2. The van der Waals surface area contributed by atoms with Crippen molar-refractivity contribution in [2.45, 2.75) is 5.75 Å². The summed E-state index contributed by atoms with van der Waals surface area (Å²) < 4.78 is 26.4. The molecule has 0 radical (unpaired) electrons. The molecule has 21 heavy (non-hydrogen) atoms. The summed E-state index contributed by atoms with van der Waals surface area (Å²) in [6.07, 6.45) is 0. The Hall–Kier alpha value is -2.12. The Bertz CT molecular complexity index is 760. The highest BCUT2D eigenvalue weighted by Gasteiger charge is 2.14. The van der Waals surface area contributed by atoms with Crippen LogP contribution < -0.4 is 4.72 Å². The van der Waals surface area contributed by atoms with Gasteiger partial charge in [-0.3, -0.25) is 14.8 Å². The molecule has 0 saturated heterocycles. The molecule has 0 atom stereocenters. The number of rotatable bonds is 5. The second kappa shape index (κ2) is 6.11. The zero-order chi connectivity index (χ0) is 15.5. The number of nitro benzene ring substituents is 1. The first kappa shape index (κ1) is 15.3. The Morgan fingerprint density at radius 3 is 2.43 bits per heavy atom. The van der Waals surface area contributed by atoms with Gasteiger partial charge in [-0.15, -0.1) is 0 Å². The van der Waals surface area contributed by atoms with Crippen molar-refractivity contribution < 1.29 is 13.3 Å². The molecular weight excluding hydrogens is 316 g/mol. The maximum absolute atomic E-state index is 12.0. The fraction of sp³-hybridized carbons (Fsp3) is 0.0769. The number of benzene rings is 2. The van der Waals surface area contributed by atoms with Crippen LogP contribution in [-0.2, 0) is 15.8 Å². The molecule has 0 heterocycles. The van der Waals surface area contributed by atoms with Crippen molar-refractivity contribution in [2.24, 2.45) is 0 Å². The monoisotopic (exact) mass is 326 g/mol. The number of hydrogen-bond acceptors (Lipinski definition) is 4. The van der Waals surface area contributed by atoms with E-state index >= 15 is 0 Å². The summed E-state index contributed by atoms with van der Waals surface area (Å²) in [4.78, 5) is 10.1. The Morgan fingerprint density at radius 2 is 1.81 bits per heavy atom. The van der Waals surface area contributed by atoms with Gasteiger partial charge in [-0.1, -0.05) is 29.8 Å². The van der Waals surface area contributed by atoms with Crippen LogP contribution in [0.15, 0.2) is 48.5 Å². The molecule has 1 N–H and O–H groups in total. The summed E-state index contributed by atoms with van der Waals surface area (Å²) >= 11 is 5.73. The van der Waals surface area contributed by atoms with E-state index in [1.54, 1.807) is 24.3 Å².